The summed E-state index contributed by atoms with van der Waals surface area (Å²) in [5.74, 6) is 1.30. The summed E-state index contributed by atoms with van der Waals surface area (Å²) in [5.41, 5.74) is -0.0162. The largest absolute Gasteiger partial charge is 0.496 e. The molecule has 1 aliphatic rings. The maximum absolute atomic E-state index is 12.7. The van der Waals surface area contributed by atoms with E-state index in [0.29, 0.717) is 29.5 Å². The van der Waals surface area contributed by atoms with Crippen LogP contribution in [0, 0.1) is 13.8 Å². The van der Waals surface area contributed by atoms with Gasteiger partial charge in [0, 0.05) is 6.54 Å². The van der Waals surface area contributed by atoms with Crippen LogP contribution in [0.15, 0.2) is 44.4 Å². The van der Waals surface area contributed by atoms with Gasteiger partial charge in [-0.05, 0) is 110 Å². The van der Waals surface area contributed by atoms with Crippen molar-refractivity contribution in [1.82, 2.24) is 25.0 Å². The minimum atomic E-state index is -0.821. The minimum Gasteiger partial charge on any atom is -0.496 e. The number of amides is 1. The average Bonchev–Trinajstić information content (AvgIpc) is 2.89. The number of carbonyl (C=O) groups excluding carboxylic acids is 1. The number of aryl methyl sites for hydroxylation is 2. The molecule has 1 aliphatic heterocycles. The van der Waals surface area contributed by atoms with Gasteiger partial charge in [0.15, 0.2) is 0 Å². The molecule has 1 amide bonds. The van der Waals surface area contributed by atoms with Gasteiger partial charge in [0.2, 0.25) is 5.69 Å². The summed E-state index contributed by atoms with van der Waals surface area (Å²) in [6.45, 7) is 7.17. The van der Waals surface area contributed by atoms with Gasteiger partial charge in [-0.1, -0.05) is 6.42 Å². The maximum atomic E-state index is 12.7. The first-order valence-electron chi connectivity index (χ1n) is 12.6. The molecular formula is C27H32BrN5O5. The van der Waals surface area contributed by atoms with Crippen molar-refractivity contribution >= 4 is 21.8 Å². The van der Waals surface area contributed by atoms with Crippen LogP contribution in [0.4, 0.5) is 0 Å². The van der Waals surface area contributed by atoms with Gasteiger partial charge < -0.3 is 19.7 Å². The van der Waals surface area contributed by atoms with Crippen LogP contribution in [-0.4, -0.2) is 58.9 Å². The summed E-state index contributed by atoms with van der Waals surface area (Å²) in [6, 6.07) is 8.82. The van der Waals surface area contributed by atoms with E-state index in [2.05, 4.69) is 36.2 Å². The third kappa shape index (κ3) is 6.51. The minimum absolute atomic E-state index is 0.360. The molecule has 2 heterocycles. The van der Waals surface area contributed by atoms with E-state index in [1.165, 1.54) is 19.3 Å². The van der Waals surface area contributed by atoms with Crippen LogP contribution in [0.3, 0.4) is 0 Å². The van der Waals surface area contributed by atoms with Gasteiger partial charge in [0.25, 0.3) is 11.5 Å². The molecule has 0 bridgehead atoms. The Bertz CT molecular complexity index is 1410. The summed E-state index contributed by atoms with van der Waals surface area (Å²) < 4.78 is 13.1. The molecule has 0 unspecified atom stereocenters. The van der Waals surface area contributed by atoms with Gasteiger partial charge in [-0.2, -0.15) is 9.78 Å². The molecule has 11 heteroatoms. The van der Waals surface area contributed by atoms with Gasteiger partial charge in [0.1, 0.15) is 17.2 Å². The third-order valence-corrected chi connectivity index (χ3v) is 7.08. The predicted molar refractivity (Wildman–Crippen MR) is 148 cm³/mol. The second-order valence-corrected chi connectivity index (χ2v) is 10.2. The normalized spacial score (nSPS) is 13.8. The van der Waals surface area contributed by atoms with E-state index in [4.69, 9.17) is 9.47 Å². The molecule has 0 atom stereocenters. The molecule has 0 saturated carbocycles. The van der Waals surface area contributed by atoms with Crippen molar-refractivity contribution in [2.24, 2.45) is 0 Å². The Morgan fingerprint density at radius 2 is 1.82 bits per heavy atom. The molecule has 38 heavy (non-hydrogen) atoms. The molecule has 4 rings (SSSR count). The first kappa shape index (κ1) is 27.6. The van der Waals surface area contributed by atoms with Crippen LogP contribution in [0.25, 0.3) is 5.69 Å². The molecule has 2 N–H and O–H groups in total. The van der Waals surface area contributed by atoms with E-state index in [1.54, 1.807) is 37.4 Å². The lowest BCUT2D eigenvalue weighted by Crippen LogP contribution is -2.40. The van der Waals surface area contributed by atoms with E-state index in [0.717, 1.165) is 46.3 Å². The number of likely N-dealkylation sites (tertiary alicyclic amines) is 1. The Morgan fingerprint density at radius 1 is 1.11 bits per heavy atom. The lowest BCUT2D eigenvalue weighted by atomic mass is 10.1. The standard InChI is InChI=1S/C27H32BrN5O5/c1-17-14-19(15-18(2)24(17)38-20-8-9-22(37-3)21(28)16-20)33-27(36)30-26(35)23(31-33)25(34)29-10-7-13-32-11-5-4-6-12-32/h8-9,14-16H,4-7,10-13H2,1-3H3,(H,29,34)(H,30,35,36). The highest BCUT2D eigenvalue weighted by molar-refractivity contribution is 9.10. The first-order valence-corrected chi connectivity index (χ1v) is 13.4. The highest BCUT2D eigenvalue weighted by Gasteiger charge is 2.18. The van der Waals surface area contributed by atoms with Crippen molar-refractivity contribution < 1.29 is 14.3 Å². The highest BCUT2D eigenvalue weighted by Crippen LogP contribution is 2.34. The zero-order chi connectivity index (χ0) is 27.2. The predicted octanol–water partition coefficient (Wildman–Crippen LogP) is 3.71. The van der Waals surface area contributed by atoms with E-state index < -0.39 is 17.2 Å². The lowest BCUT2D eigenvalue weighted by molar-refractivity contribution is 0.0942. The smallest absolute Gasteiger partial charge is 0.349 e. The van der Waals surface area contributed by atoms with Crippen molar-refractivity contribution in [2.45, 2.75) is 39.5 Å². The molecule has 202 valence electrons. The van der Waals surface area contributed by atoms with E-state index in [-0.39, 0.29) is 5.69 Å². The fourth-order valence-corrected chi connectivity index (χ4v) is 5.05. The summed E-state index contributed by atoms with van der Waals surface area (Å²) >= 11 is 3.45. The van der Waals surface area contributed by atoms with Crippen LogP contribution in [0.5, 0.6) is 17.2 Å². The van der Waals surface area contributed by atoms with Crippen molar-refractivity contribution in [3.63, 3.8) is 0 Å². The zero-order valence-electron chi connectivity index (χ0n) is 21.8. The molecule has 2 aromatic carbocycles. The Morgan fingerprint density at radius 3 is 2.47 bits per heavy atom. The van der Waals surface area contributed by atoms with Gasteiger partial charge in [0.05, 0.1) is 17.3 Å². The number of nitrogens with one attached hydrogen (secondary N) is 2. The van der Waals surface area contributed by atoms with Crippen LogP contribution < -0.4 is 26.0 Å². The van der Waals surface area contributed by atoms with Gasteiger partial charge in [-0.25, -0.2) is 4.79 Å². The van der Waals surface area contributed by atoms with E-state index in [1.807, 2.05) is 13.8 Å². The molecule has 0 radical (unpaired) electrons. The Balaban J connectivity index is 1.50. The van der Waals surface area contributed by atoms with E-state index >= 15 is 0 Å². The Kier molecular flexibility index (Phi) is 9.01. The number of rotatable bonds is 9. The number of aromatic nitrogens is 3. The second kappa shape index (κ2) is 12.4. The van der Waals surface area contributed by atoms with Crippen molar-refractivity contribution in [1.29, 1.82) is 0 Å². The molecule has 1 fully saturated rings. The van der Waals surface area contributed by atoms with Crippen LogP contribution in [0.2, 0.25) is 0 Å². The van der Waals surface area contributed by atoms with Gasteiger partial charge in [-0.3, -0.25) is 14.6 Å². The number of hydrogen-bond acceptors (Lipinski definition) is 7. The third-order valence-electron chi connectivity index (χ3n) is 6.46. The van der Waals surface area contributed by atoms with Crippen LogP contribution in [0.1, 0.15) is 47.3 Å². The molecule has 10 nitrogen and oxygen atoms in total. The molecule has 1 aromatic heterocycles. The van der Waals surface area contributed by atoms with Crippen molar-refractivity contribution in [3.05, 3.63) is 72.5 Å². The van der Waals surface area contributed by atoms with Crippen LogP contribution >= 0.6 is 15.9 Å². The topological polar surface area (TPSA) is 119 Å². The highest BCUT2D eigenvalue weighted by atomic mass is 79.9. The van der Waals surface area contributed by atoms with Crippen molar-refractivity contribution in [2.75, 3.05) is 33.3 Å². The number of hydrogen-bond donors (Lipinski definition) is 2. The molecule has 0 aliphatic carbocycles. The SMILES string of the molecule is COc1ccc(Oc2c(C)cc(-n3nc(C(=O)NCCCN4CCCCC4)c(=O)[nH]c3=O)cc2C)cc1Br. The number of methoxy groups -OCH3 is 1. The summed E-state index contributed by atoms with van der Waals surface area (Å²) in [7, 11) is 1.59. The monoisotopic (exact) mass is 585 g/mol. The number of aromatic amines is 1. The first-order chi connectivity index (χ1) is 18.3. The average molecular weight is 586 g/mol. The maximum Gasteiger partial charge on any atom is 0.349 e. The number of halogens is 1. The fourth-order valence-electron chi connectivity index (χ4n) is 4.53. The Labute approximate surface area is 229 Å². The number of ether oxygens (including phenoxy) is 2. The number of H-pyrrole nitrogens is 1. The summed E-state index contributed by atoms with van der Waals surface area (Å²) in [4.78, 5) is 42.3. The van der Waals surface area contributed by atoms with Crippen molar-refractivity contribution in [3.8, 4) is 22.9 Å². The quantitative estimate of drug-likeness (QED) is 0.367. The summed E-state index contributed by atoms with van der Waals surface area (Å²) in [6.07, 6.45) is 4.46. The molecular weight excluding hydrogens is 554 g/mol. The molecule has 3 aromatic rings. The van der Waals surface area contributed by atoms with E-state index in [9.17, 15) is 14.4 Å². The molecule has 0 spiro atoms. The number of benzene rings is 2. The number of nitrogens with zero attached hydrogens (tertiary/aromatic N) is 3. The summed E-state index contributed by atoms with van der Waals surface area (Å²) in [5, 5.41) is 6.87. The fraction of sp³-hybridized carbons (Fsp3) is 0.407. The second-order valence-electron chi connectivity index (χ2n) is 9.34. The van der Waals surface area contributed by atoms with Gasteiger partial charge >= 0.3 is 5.69 Å². The number of carbonyl (C=O) groups is 1. The Hall–Kier alpha value is -3.44. The number of piperidine rings is 1. The zero-order valence-corrected chi connectivity index (χ0v) is 23.4. The lowest BCUT2D eigenvalue weighted by Gasteiger charge is -2.26. The van der Waals surface area contributed by atoms with Gasteiger partial charge in [-0.15, -0.1) is 0 Å². The molecule has 1 saturated heterocycles. The van der Waals surface area contributed by atoms with Crippen LogP contribution in [-0.2, 0) is 0 Å².